The summed E-state index contributed by atoms with van der Waals surface area (Å²) >= 11 is 5.52. The van der Waals surface area contributed by atoms with E-state index < -0.39 is 17.9 Å². The van der Waals surface area contributed by atoms with Crippen molar-refractivity contribution >= 4 is 11.6 Å². The Morgan fingerprint density at radius 1 is 1.60 bits per heavy atom. The van der Waals surface area contributed by atoms with Crippen LogP contribution >= 0.6 is 11.6 Å². The van der Waals surface area contributed by atoms with Gasteiger partial charge >= 0.3 is 0 Å². The molecule has 0 fully saturated rings. The minimum atomic E-state index is -2.87. The monoisotopic (exact) mass is 232 g/mol. The Kier molecular flexibility index (Phi) is 3.81. The molecule has 0 radical (unpaired) electrons. The zero-order chi connectivity index (χ0) is 11.4. The first-order valence-corrected chi connectivity index (χ1v) is 4.56. The second-order valence-corrected chi connectivity index (χ2v) is 3.04. The summed E-state index contributed by atoms with van der Waals surface area (Å²) < 4.78 is 24.7. The molecule has 0 bridgehead atoms. The lowest BCUT2D eigenvalue weighted by Gasteiger charge is -2.08. The lowest BCUT2D eigenvalue weighted by molar-refractivity contribution is 0.141. The molecule has 1 heterocycles. The zero-order valence-corrected chi connectivity index (χ0v) is 8.30. The Hall–Kier alpha value is -1.41. The van der Waals surface area contributed by atoms with Crippen LogP contribution in [0.4, 0.5) is 8.78 Å². The van der Waals surface area contributed by atoms with Crippen molar-refractivity contribution in [3.8, 4) is 11.8 Å². The first kappa shape index (κ1) is 11.7. The van der Waals surface area contributed by atoms with Crippen LogP contribution in [0.2, 0.25) is 0 Å². The topological polar surface area (TPSA) is 56.9 Å². The van der Waals surface area contributed by atoms with E-state index in [0.29, 0.717) is 5.56 Å². The van der Waals surface area contributed by atoms with Gasteiger partial charge in [-0.2, -0.15) is 5.26 Å². The summed E-state index contributed by atoms with van der Waals surface area (Å²) in [6.45, 7) is 0. The molecule has 1 aromatic rings. The summed E-state index contributed by atoms with van der Waals surface area (Å²) in [6.07, 6.45) is -2.98. The van der Waals surface area contributed by atoms with E-state index >= 15 is 0 Å². The third-order valence-corrected chi connectivity index (χ3v) is 2.08. The van der Waals surface area contributed by atoms with E-state index in [-0.39, 0.29) is 18.0 Å². The van der Waals surface area contributed by atoms with Crippen LogP contribution in [0, 0.1) is 11.3 Å². The van der Waals surface area contributed by atoms with Crippen LogP contribution < -0.4 is 0 Å². The highest BCUT2D eigenvalue weighted by atomic mass is 35.5. The first-order valence-electron chi connectivity index (χ1n) is 4.02. The van der Waals surface area contributed by atoms with Gasteiger partial charge < -0.3 is 5.11 Å². The molecule has 6 heteroatoms. The molecule has 0 aromatic carbocycles. The van der Waals surface area contributed by atoms with Crippen LogP contribution in [-0.4, -0.2) is 10.1 Å². The van der Waals surface area contributed by atoms with Gasteiger partial charge in [0.05, 0.1) is 18.2 Å². The van der Waals surface area contributed by atoms with Gasteiger partial charge in [-0.15, -0.1) is 11.6 Å². The van der Waals surface area contributed by atoms with Crippen molar-refractivity contribution in [3.05, 3.63) is 23.0 Å². The predicted molar refractivity (Wildman–Crippen MR) is 49.7 cm³/mol. The Labute approximate surface area is 89.9 Å². The van der Waals surface area contributed by atoms with E-state index in [2.05, 4.69) is 4.98 Å². The molecule has 0 spiro atoms. The molecule has 0 aliphatic rings. The van der Waals surface area contributed by atoms with Gasteiger partial charge in [-0.1, -0.05) is 0 Å². The normalized spacial score (nSPS) is 10.3. The van der Waals surface area contributed by atoms with Crippen LogP contribution in [0.3, 0.4) is 0 Å². The quantitative estimate of drug-likeness (QED) is 0.815. The highest BCUT2D eigenvalue weighted by molar-refractivity contribution is 6.17. The molecule has 15 heavy (non-hydrogen) atoms. The maximum Gasteiger partial charge on any atom is 0.284 e. The molecule has 0 unspecified atom stereocenters. The van der Waals surface area contributed by atoms with Crippen molar-refractivity contribution in [1.82, 2.24) is 4.98 Å². The van der Waals surface area contributed by atoms with E-state index in [1.807, 2.05) is 0 Å². The maximum absolute atomic E-state index is 12.3. The van der Waals surface area contributed by atoms with Crippen LogP contribution in [0.1, 0.15) is 23.4 Å². The number of nitriles is 1. The zero-order valence-electron chi connectivity index (χ0n) is 7.54. The second kappa shape index (κ2) is 4.89. The number of hydrogen-bond acceptors (Lipinski definition) is 3. The maximum atomic E-state index is 12.3. The van der Waals surface area contributed by atoms with Crippen molar-refractivity contribution in [1.29, 1.82) is 5.26 Å². The van der Waals surface area contributed by atoms with Gasteiger partial charge in [0.25, 0.3) is 6.43 Å². The molecule has 0 aliphatic carbocycles. The first-order chi connectivity index (χ1) is 7.10. The Morgan fingerprint density at radius 2 is 2.27 bits per heavy atom. The largest absolute Gasteiger partial charge is 0.506 e. The predicted octanol–water partition coefficient (Wildman–Crippen LogP) is 2.53. The highest BCUT2D eigenvalue weighted by Crippen LogP contribution is 2.28. The van der Waals surface area contributed by atoms with Crippen LogP contribution in [0.25, 0.3) is 0 Å². The van der Waals surface area contributed by atoms with Crippen LogP contribution in [0.5, 0.6) is 5.75 Å². The lowest BCUT2D eigenvalue weighted by atomic mass is 10.1. The number of aromatic nitrogens is 1. The molecule has 0 saturated heterocycles. The molecular formula is C9H7ClF2N2O. The summed E-state index contributed by atoms with van der Waals surface area (Å²) in [6, 6.07) is 2.92. The number of hydrogen-bond donors (Lipinski definition) is 1. The summed E-state index contributed by atoms with van der Waals surface area (Å²) in [5.41, 5.74) is -0.144. The summed E-state index contributed by atoms with van der Waals surface area (Å²) in [5, 5.41) is 17.7. The minimum absolute atomic E-state index is 0.0150. The third-order valence-electron chi connectivity index (χ3n) is 1.80. The number of pyridine rings is 1. The van der Waals surface area contributed by atoms with E-state index in [1.165, 1.54) is 0 Å². The third kappa shape index (κ3) is 2.54. The summed E-state index contributed by atoms with van der Waals surface area (Å²) in [7, 11) is 0. The van der Waals surface area contributed by atoms with Crippen molar-refractivity contribution in [2.45, 2.75) is 18.7 Å². The minimum Gasteiger partial charge on any atom is -0.506 e. The molecule has 1 N–H and O–H groups in total. The second-order valence-electron chi connectivity index (χ2n) is 2.77. The van der Waals surface area contributed by atoms with E-state index in [1.54, 1.807) is 6.07 Å². The van der Waals surface area contributed by atoms with E-state index in [0.717, 1.165) is 6.07 Å². The van der Waals surface area contributed by atoms with Gasteiger partial charge in [-0.3, -0.25) is 0 Å². The number of halogens is 3. The fourth-order valence-corrected chi connectivity index (χ4v) is 1.33. The SMILES string of the molecule is N#CCc1nc(C(F)F)c(O)cc1CCl. The summed E-state index contributed by atoms with van der Waals surface area (Å²) in [4.78, 5) is 3.53. The Balaban J connectivity index is 3.25. The number of alkyl halides is 3. The molecular weight excluding hydrogens is 226 g/mol. The molecule has 3 nitrogen and oxygen atoms in total. The van der Waals surface area contributed by atoms with E-state index in [9.17, 15) is 13.9 Å². The molecule has 0 atom stereocenters. The van der Waals surface area contributed by atoms with Crippen molar-refractivity contribution in [2.75, 3.05) is 0 Å². The Bertz CT molecular complexity index is 404. The molecule has 1 rings (SSSR count). The fourth-order valence-electron chi connectivity index (χ4n) is 1.10. The number of nitrogens with zero attached hydrogens (tertiary/aromatic N) is 2. The summed E-state index contributed by atoms with van der Waals surface area (Å²) in [5.74, 6) is -0.580. The number of rotatable bonds is 3. The van der Waals surface area contributed by atoms with Crippen molar-refractivity contribution in [2.24, 2.45) is 0 Å². The fraction of sp³-hybridized carbons (Fsp3) is 0.333. The highest BCUT2D eigenvalue weighted by Gasteiger charge is 2.17. The molecule has 0 amide bonds. The molecule has 0 saturated carbocycles. The van der Waals surface area contributed by atoms with Gasteiger partial charge in [-0.05, 0) is 11.6 Å². The molecule has 0 aliphatic heterocycles. The standard InChI is InChI=1S/C9H7ClF2N2O/c10-4-5-3-7(15)8(9(11)12)14-6(5)1-2-13/h3,9,15H,1,4H2. The van der Waals surface area contributed by atoms with Crippen LogP contribution in [0.15, 0.2) is 6.07 Å². The Morgan fingerprint density at radius 3 is 2.73 bits per heavy atom. The van der Waals surface area contributed by atoms with E-state index in [4.69, 9.17) is 16.9 Å². The average molecular weight is 233 g/mol. The smallest absolute Gasteiger partial charge is 0.284 e. The lowest BCUT2D eigenvalue weighted by Crippen LogP contribution is -2.01. The molecule has 1 aromatic heterocycles. The van der Waals surface area contributed by atoms with Gasteiger partial charge in [0.15, 0.2) is 0 Å². The average Bonchev–Trinajstić information content (AvgIpc) is 2.20. The van der Waals surface area contributed by atoms with Gasteiger partial charge in [0.2, 0.25) is 0 Å². The van der Waals surface area contributed by atoms with Gasteiger partial charge in [0.1, 0.15) is 11.4 Å². The van der Waals surface area contributed by atoms with Gasteiger partial charge in [0, 0.05) is 5.88 Å². The molecule has 80 valence electrons. The van der Waals surface area contributed by atoms with Gasteiger partial charge in [-0.25, -0.2) is 13.8 Å². The van der Waals surface area contributed by atoms with Crippen molar-refractivity contribution in [3.63, 3.8) is 0 Å². The van der Waals surface area contributed by atoms with Crippen LogP contribution in [-0.2, 0) is 12.3 Å². The van der Waals surface area contributed by atoms with Crippen molar-refractivity contribution < 1.29 is 13.9 Å². The number of aromatic hydroxyl groups is 1.